The van der Waals surface area contributed by atoms with Crippen molar-refractivity contribution in [2.75, 3.05) is 5.43 Å². The molecule has 1 aromatic carbocycles. The Hall–Kier alpha value is -2.07. The molecule has 2 aromatic rings. The molecule has 1 amide bonds. The highest BCUT2D eigenvalue weighted by molar-refractivity contribution is 5.99. The van der Waals surface area contributed by atoms with Crippen LogP contribution in [0.4, 0.5) is 0 Å². The van der Waals surface area contributed by atoms with Gasteiger partial charge < -0.3 is 5.73 Å². The molecular weight excluding hydrogens is 202 g/mol. The minimum Gasteiger partial charge on any atom is -0.326 e. The predicted molar refractivity (Wildman–Crippen MR) is 62.5 cm³/mol. The molecule has 0 spiro atoms. The van der Waals surface area contributed by atoms with Crippen molar-refractivity contribution in [3.63, 3.8) is 0 Å². The van der Waals surface area contributed by atoms with Crippen LogP contribution in [0.3, 0.4) is 0 Å². The molecule has 0 bridgehead atoms. The number of nitrogens with one attached hydrogen (secondary N) is 1. The lowest BCUT2D eigenvalue weighted by Gasteiger charge is -2.06. The minimum absolute atomic E-state index is 0.139. The van der Waals surface area contributed by atoms with Crippen LogP contribution in [-0.4, -0.2) is 10.6 Å². The van der Waals surface area contributed by atoms with Crippen LogP contribution < -0.4 is 11.2 Å². The summed E-state index contributed by atoms with van der Waals surface area (Å²) in [7, 11) is 0. The molecule has 0 aliphatic heterocycles. The molecule has 0 saturated heterocycles. The molecule has 4 heteroatoms. The Bertz CT molecular complexity index is 460. The summed E-state index contributed by atoms with van der Waals surface area (Å²) in [5.41, 5.74) is 9.83. The molecular formula is C12H13N3O. The number of nitrogens with zero attached hydrogens (tertiary/aromatic N) is 1. The van der Waals surface area contributed by atoms with Crippen molar-refractivity contribution in [1.82, 2.24) is 4.68 Å². The summed E-state index contributed by atoms with van der Waals surface area (Å²) in [6.07, 6.45) is 3.54. The Balaban J connectivity index is 2.09. The number of rotatable bonds is 3. The maximum Gasteiger partial charge on any atom is 0.270 e. The number of aromatic nitrogens is 1. The molecule has 0 saturated carbocycles. The van der Waals surface area contributed by atoms with E-state index in [0.29, 0.717) is 12.1 Å². The second-order valence-corrected chi connectivity index (χ2v) is 3.43. The number of hydrogen-bond donors (Lipinski definition) is 2. The van der Waals surface area contributed by atoms with E-state index in [1.54, 1.807) is 29.2 Å². The number of hydrogen-bond acceptors (Lipinski definition) is 2. The van der Waals surface area contributed by atoms with Crippen LogP contribution in [0.5, 0.6) is 0 Å². The summed E-state index contributed by atoms with van der Waals surface area (Å²) in [5.74, 6) is -0.139. The topological polar surface area (TPSA) is 60.1 Å². The number of carbonyl (C=O) groups is 1. The third kappa shape index (κ3) is 2.29. The molecule has 0 aliphatic carbocycles. The van der Waals surface area contributed by atoms with Crippen LogP contribution in [0.15, 0.2) is 48.8 Å². The van der Waals surface area contributed by atoms with E-state index in [9.17, 15) is 4.79 Å². The van der Waals surface area contributed by atoms with Gasteiger partial charge in [-0.25, -0.2) is 0 Å². The number of amides is 1. The quantitative estimate of drug-likeness (QED) is 0.811. The van der Waals surface area contributed by atoms with Gasteiger partial charge in [0.1, 0.15) is 0 Å². The van der Waals surface area contributed by atoms with E-state index in [0.717, 1.165) is 5.56 Å². The van der Waals surface area contributed by atoms with Crippen LogP contribution in [0, 0.1) is 0 Å². The summed E-state index contributed by atoms with van der Waals surface area (Å²) in [6, 6.07) is 10.9. The zero-order valence-electron chi connectivity index (χ0n) is 8.76. The summed E-state index contributed by atoms with van der Waals surface area (Å²) < 4.78 is 1.61. The summed E-state index contributed by atoms with van der Waals surface area (Å²) in [4.78, 5) is 11.7. The van der Waals surface area contributed by atoms with Crippen LogP contribution in [0.25, 0.3) is 0 Å². The fraction of sp³-hybridized carbons (Fsp3) is 0.0833. The SMILES string of the molecule is NCc1ccc(C(=O)Nn2cccc2)cc1. The first-order valence-corrected chi connectivity index (χ1v) is 5.03. The lowest BCUT2D eigenvalue weighted by Crippen LogP contribution is -2.21. The highest BCUT2D eigenvalue weighted by Crippen LogP contribution is 2.04. The molecule has 2 rings (SSSR count). The average Bonchev–Trinajstić information content (AvgIpc) is 2.82. The first-order chi connectivity index (χ1) is 7.79. The van der Waals surface area contributed by atoms with Crippen molar-refractivity contribution in [3.8, 4) is 0 Å². The fourth-order valence-corrected chi connectivity index (χ4v) is 1.38. The van der Waals surface area contributed by atoms with E-state index in [1.807, 2.05) is 24.3 Å². The predicted octanol–water partition coefficient (Wildman–Crippen LogP) is 1.33. The van der Waals surface area contributed by atoms with Gasteiger partial charge in [-0.15, -0.1) is 0 Å². The molecule has 82 valence electrons. The molecule has 0 radical (unpaired) electrons. The van der Waals surface area contributed by atoms with Gasteiger partial charge in [-0.05, 0) is 29.8 Å². The Morgan fingerprint density at radius 3 is 2.38 bits per heavy atom. The zero-order valence-corrected chi connectivity index (χ0v) is 8.76. The van der Waals surface area contributed by atoms with Crippen LogP contribution in [0.2, 0.25) is 0 Å². The van der Waals surface area contributed by atoms with E-state index in [4.69, 9.17) is 5.73 Å². The fourth-order valence-electron chi connectivity index (χ4n) is 1.38. The van der Waals surface area contributed by atoms with Crippen molar-refractivity contribution in [1.29, 1.82) is 0 Å². The van der Waals surface area contributed by atoms with Crippen molar-refractivity contribution < 1.29 is 4.79 Å². The lowest BCUT2D eigenvalue weighted by atomic mass is 10.1. The number of nitrogens with two attached hydrogens (primary N) is 1. The smallest absolute Gasteiger partial charge is 0.270 e. The molecule has 1 heterocycles. The number of carbonyl (C=O) groups excluding carboxylic acids is 1. The standard InChI is InChI=1S/C12H13N3O/c13-9-10-3-5-11(6-4-10)12(16)14-15-7-1-2-8-15/h1-8H,9,13H2,(H,14,16). The maximum absolute atomic E-state index is 11.7. The third-order valence-corrected chi connectivity index (χ3v) is 2.29. The number of benzene rings is 1. The first-order valence-electron chi connectivity index (χ1n) is 5.03. The summed E-state index contributed by atoms with van der Waals surface area (Å²) >= 11 is 0. The Kier molecular flexibility index (Phi) is 3.03. The molecule has 16 heavy (non-hydrogen) atoms. The molecule has 0 unspecified atom stereocenters. The maximum atomic E-state index is 11.7. The lowest BCUT2D eigenvalue weighted by molar-refractivity contribution is 0.101. The largest absolute Gasteiger partial charge is 0.326 e. The van der Waals surface area contributed by atoms with Gasteiger partial charge in [0.15, 0.2) is 0 Å². The second-order valence-electron chi connectivity index (χ2n) is 3.43. The van der Waals surface area contributed by atoms with Crippen molar-refractivity contribution >= 4 is 5.91 Å². The van der Waals surface area contributed by atoms with E-state index in [2.05, 4.69) is 5.43 Å². The van der Waals surface area contributed by atoms with Crippen molar-refractivity contribution in [3.05, 3.63) is 59.9 Å². The molecule has 0 aliphatic rings. The van der Waals surface area contributed by atoms with Crippen molar-refractivity contribution in [2.24, 2.45) is 5.73 Å². The Labute approximate surface area is 93.7 Å². The van der Waals surface area contributed by atoms with E-state index in [-0.39, 0.29) is 5.91 Å². The second kappa shape index (κ2) is 4.63. The van der Waals surface area contributed by atoms with E-state index >= 15 is 0 Å². The summed E-state index contributed by atoms with van der Waals surface area (Å²) in [6.45, 7) is 0.486. The minimum atomic E-state index is -0.139. The van der Waals surface area contributed by atoms with E-state index in [1.165, 1.54) is 0 Å². The molecule has 0 atom stereocenters. The Morgan fingerprint density at radius 2 is 1.81 bits per heavy atom. The first kappa shape index (κ1) is 10.4. The van der Waals surface area contributed by atoms with Gasteiger partial charge in [0.2, 0.25) is 0 Å². The van der Waals surface area contributed by atoms with Gasteiger partial charge in [0, 0.05) is 24.5 Å². The van der Waals surface area contributed by atoms with Gasteiger partial charge in [-0.3, -0.25) is 14.9 Å². The molecule has 3 N–H and O–H groups in total. The van der Waals surface area contributed by atoms with Gasteiger partial charge in [-0.1, -0.05) is 12.1 Å². The summed E-state index contributed by atoms with van der Waals surface area (Å²) in [5, 5.41) is 0. The van der Waals surface area contributed by atoms with Gasteiger partial charge >= 0.3 is 0 Å². The van der Waals surface area contributed by atoms with Crippen LogP contribution >= 0.6 is 0 Å². The normalized spacial score (nSPS) is 10.1. The average molecular weight is 215 g/mol. The van der Waals surface area contributed by atoms with Crippen LogP contribution in [0.1, 0.15) is 15.9 Å². The van der Waals surface area contributed by atoms with Crippen LogP contribution in [-0.2, 0) is 6.54 Å². The molecule has 1 aromatic heterocycles. The van der Waals surface area contributed by atoms with Crippen molar-refractivity contribution in [2.45, 2.75) is 6.54 Å². The Morgan fingerprint density at radius 1 is 1.19 bits per heavy atom. The van der Waals surface area contributed by atoms with Gasteiger partial charge in [0.25, 0.3) is 5.91 Å². The zero-order chi connectivity index (χ0) is 11.4. The van der Waals surface area contributed by atoms with E-state index < -0.39 is 0 Å². The third-order valence-electron chi connectivity index (χ3n) is 2.29. The molecule has 4 nitrogen and oxygen atoms in total. The highest BCUT2D eigenvalue weighted by atomic mass is 16.2. The van der Waals surface area contributed by atoms with Gasteiger partial charge in [0.05, 0.1) is 0 Å². The van der Waals surface area contributed by atoms with Gasteiger partial charge in [-0.2, -0.15) is 0 Å². The molecule has 0 fully saturated rings. The monoisotopic (exact) mass is 215 g/mol. The highest BCUT2D eigenvalue weighted by Gasteiger charge is 2.04.